The minimum Gasteiger partial charge on any atom is -0.0850 e. The Kier molecular flexibility index (Phi) is 1.96. The Balaban J connectivity index is 1.53. The highest BCUT2D eigenvalue weighted by atomic mass is 14.4. The predicted octanol–water partition coefficient (Wildman–Crippen LogP) is 3.92. The molecule has 0 saturated heterocycles. The lowest BCUT2D eigenvalue weighted by Gasteiger charge is -2.46. The van der Waals surface area contributed by atoms with E-state index in [4.69, 9.17) is 0 Å². The Hall–Kier alpha value is -0.260. The fraction of sp³-hybridized carbons (Fsp3) is 0.846. The Morgan fingerprint density at radius 1 is 1.15 bits per heavy atom. The third-order valence-electron chi connectivity index (χ3n) is 4.65. The van der Waals surface area contributed by atoms with Gasteiger partial charge in [-0.2, -0.15) is 0 Å². The van der Waals surface area contributed by atoms with E-state index in [0.717, 1.165) is 17.8 Å². The third kappa shape index (κ3) is 1.35. The van der Waals surface area contributed by atoms with Crippen LogP contribution in [0, 0.1) is 17.8 Å². The second-order valence-corrected chi connectivity index (χ2v) is 5.30. The number of hydrogen-bond acceptors (Lipinski definition) is 0. The van der Waals surface area contributed by atoms with E-state index in [1.165, 1.54) is 25.7 Å². The Bertz CT molecular complexity index is 222. The molecule has 3 rings (SSSR count). The summed E-state index contributed by atoms with van der Waals surface area (Å²) in [6, 6.07) is 0. The first-order chi connectivity index (χ1) is 6.43. The van der Waals surface area contributed by atoms with E-state index in [0.29, 0.717) is 0 Å². The van der Waals surface area contributed by atoms with Gasteiger partial charge in [0.1, 0.15) is 0 Å². The van der Waals surface area contributed by atoms with Crippen LogP contribution in [0.15, 0.2) is 11.6 Å². The number of allylic oxidation sites excluding steroid dienone is 2. The van der Waals surface area contributed by atoms with Gasteiger partial charge in [-0.05, 0) is 49.9 Å². The van der Waals surface area contributed by atoms with Crippen LogP contribution >= 0.6 is 0 Å². The summed E-state index contributed by atoms with van der Waals surface area (Å²) in [6.45, 7) is 0. The van der Waals surface area contributed by atoms with Crippen molar-refractivity contribution >= 4 is 0 Å². The molecule has 3 aliphatic carbocycles. The van der Waals surface area contributed by atoms with Gasteiger partial charge in [0.05, 0.1) is 0 Å². The maximum absolute atomic E-state index is 2.47. The van der Waals surface area contributed by atoms with Gasteiger partial charge in [0.2, 0.25) is 0 Å². The van der Waals surface area contributed by atoms with Crippen LogP contribution in [0.3, 0.4) is 0 Å². The van der Waals surface area contributed by atoms with Gasteiger partial charge in [0.15, 0.2) is 0 Å². The molecule has 0 bridgehead atoms. The van der Waals surface area contributed by atoms with E-state index in [9.17, 15) is 0 Å². The zero-order valence-corrected chi connectivity index (χ0v) is 8.47. The first kappa shape index (κ1) is 8.08. The molecule has 3 aliphatic rings. The maximum atomic E-state index is 2.47. The molecule has 0 spiro atoms. The van der Waals surface area contributed by atoms with E-state index in [-0.39, 0.29) is 0 Å². The van der Waals surface area contributed by atoms with Crippen LogP contribution in [-0.4, -0.2) is 0 Å². The summed E-state index contributed by atoms with van der Waals surface area (Å²) < 4.78 is 0. The van der Waals surface area contributed by atoms with Crippen LogP contribution in [0.25, 0.3) is 0 Å². The van der Waals surface area contributed by atoms with Crippen molar-refractivity contribution in [2.24, 2.45) is 17.8 Å². The van der Waals surface area contributed by atoms with Crippen LogP contribution < -0.4 is 0 Å². The van der Waals surface area contributed by atoms with Crippen molar-refractivity contribution in [2.75, 3.05) is 0 Å². The summed E-state index contributed by atoms with van der Waals surface area (Å²) >= 11 is 0. The topological polar surface area (TPSA) is 0 Å². The van der Waals surface area contributed by atoms with Crippen molar-refractivity contribution in [1.29, 1.82) is 0 Å². The second kappa shape index (κ2) is 3.15. The summed E-state index contributed by atoms with van der Waals surface area (Å²) in [5, 5.41) is 0. The molecular formula is C13H20. The van der Waals surface area contributed by atoms with Crippen molar-refractivity contribution in [2.45, 2.75) is 51.4 Å². The normalized spacial score (nSPS) is 38.6. The van der Waals surface area contributed by atoms with Gasteiger partial charge in [-0.3, -0.25) is 0 Å². The lowest BCUT2D eigenvalue weighted by Crippen LogP contribution is -2.36. The first-order valence-electron chi connectivity index (χ1n) is 6.11. The lowest BCUT2D eigenvalue weighted by atomic mass is 9.59. The van der Waals surface area contributed by atoms with Crippen LogP contribution in [0.1, 0.15) is 51.4 Å². The lowest BCUT2D eigenvalue weighted by molar-refractivity contribution is 0.0552. The molecular weight excluding hydrogens is 156 g/mol. The highest BCUT2D eigenvalue weighted by Gasteiger charge is 2.39. The molecule has 0 aromatic carbocycles. The van der Waals surface area contributed by atoms with E-state index >= 15 is 0 Å². The zero-order valence-electron chi connectivity index (χ0n) is 8.47. The summed E-state index contributed by atoms with van der Waals surface area (Å²) in [6.07, 6.45) is 14.5. The van der Waals surface area contributed by atoms with E-state index in [1.807, 2.05) is 0 Å². The predicted molar refractivity (Wildman–Crippen MR) is 55.5 cm³/mol. The highest BCUT2D eigenvalue weighted by Crippen LogP contribution is 2.50. The molecule has 0 radical (unpaired) electrons. The molecule has 13 heavy (non-hydrogen) atoms. The van der Waals surface area contributed by atoms with Crippen LogP contribution in [0.4, 0.5) is 0 Å². The molecule has 72 valence electrons. The molecule has 0 aliphatic heterocycles. The van der Waals surface area contributed by atoms with Crippen molar-refractivity contribution in [3.63, 3.8) is 0 Å². The standard InChI is InChI=1S/C13H20/c1-3-10(4-1)9-12-7-8-13(12)11-5-2-6-11/h3,11-13H,1-2,4-9H2. The second-order valence-electron chi connectivity index (χ2n) is 5.30. The Labute approximate surface area is 81.4 Å². The third-order valence-corrected chi connectivity index (χ3v) is 4.65. The monoisotopic (exact) mass is 176 g/mol. The largest absolute Gasteiger partial charge is 0.0850 e. The molecule has 0 heterocycles. The van der Waals surface area contributed by atoms with Crippen molar-refractivity contribution in [3.05, 3.63) is 11.6 Å². The summed E-state index contributed by atoms with van der Waals surface area (Å²) in [5.41, 5.74) is 1.79. The van der Waals surface area contributed by atoms with Crippen molar-refractivity contribution < 1.29 is 0 Å². The van der Waals surface area contributed by atoms with Crippen LogP contribution in [-0.2, 0) is 0 Å². The minimum absolute atomic E-state index is 1.11. The van der Waals surface area contributed by atoms with Gasteiger partial charge >= 0.3 is 0 Å². The fourth-order valence-corrected chi connectivity index (χ4v) is 3.21. The van der Waals surface area contributed by atoms with Gasteiger partial charge in [-0.15, -0.1) is 0 Å². The smallest absolute Gasteiger partial charge is 0.0285 e. The summed E-state index contributed by atoms with van der Waals surface area (Å²) in [4.78, 5) is 0. The molecule has 0 N–H and O–H groups in total. The summed E-state index contributed by atoms with van der Waals surface area (Å²) in [5.74, 6) is 3.41. The number of hydrogen-bond donors (Lipinski definition) is 0. The maximum Gasteiger partial charge on any atom is -0.0285 e. The molecule has 2 atom stereocenters. The van der Waals surface area contributed by atoms with E-state index in [1.54, 1.807) is 31.3 Å². The number of rotatable bonds is 3. The SMILES string of the molecule is C1=C(CC2CCC2C2CCC2)CC1. The quantitative estimate of drug-likeness (QED) is 0.572. The average molecular weight is 176 g/mol. The molecule has 0 aromatic heterocycles. The van der Waals surface area contributed by atoms with E-state index in [2.05, 4.69) is 6.08 Å². The van der Waals surface area contributed by atoms with Gasteiger partial charge in [0.25, 0.3) is 0 Å². The van der Waals surface area contributed by atoms with Gasteiger partial charge in [0, 0.05) is 0 Å². The van der Waals surface area contributed by atoms with Crippen LogP contribution in [0.5, 0.6) is 0 Å². The zero-order chi connectivity index (χ0) is 8.67. The minimum atomic E-state index is 1.11. The summed E-state index contributed by atoms with van der Waals surface area (Å²) in [7, 11) is 0. The highest BCUT2D eigenvalue weighted by molar-refractivity contribution is 5.14. The molecule has 0 nitrogen and oxygen atoms in total. The van der Waals surface area contributed by atoms with Gasteiger partial charge < -0.3 is 0 Å². The van der Waals surface area contributed by atoms with Gasteiger partial charge in [-0.1, -0.05) is 30.9 Å². The van der Waals surface area contributed by atoms with Gasteiger partial charge in [-0.25, -0.2) is 0 Å². The molecule has 2 fully saturated rings. The first-order valence-corrected chi connectivity index (χ1v) is 6.11. The van der Waals surface area contributed by atoms with Crippen molar-refractivity contribution in [3.8, 4) is 0 Å². The average Bonchev–Trinajstić information content (AvgIpc) is 1.91. The Morgan fingerprint density at radius 3 is 2.38 bits per heavy atom. The fourth-order valence-electron chi connectivity index (χ4n) is 3.21. The van der Waals surface area contributed by atoms with Crippen LogP contribution in [0.2, 0.25) is 0 Å². The molecule has 2 saturated carbocycles. The van der Waals surface area contributed by atoms with E-state index < -0.39 is 0 Å². The molecule has 0 heteroatoms. The molecule has 0 aromatic rings. The molecule has 2 unspecified atom stereocenters. The van der Waals surface area contributed by atoms with Crippen molar-refractivity contribution in [1.82, 2.24) is 0 Å². The molecule has 0 amide bonds. The Morgan fingerprint density at radius 2 is 2.00 bits per heavy atom.